The molecule has 1 saturated carbocycles. The Morgan fingerprint density at radius 3 is 2.42 bits per heavy atom. The maximum absolute atomic E-state index is 13.5. The van der Waals surface area contributed by atoms with E-state index in [2.05, 4.69) is 6.92 Å². The maximum Gasteiger partial charge on any atom is 0.336 e. The van der Waals surface area contributed by atoms with Crippen LogP contribution in [0.4, 0.5) is 0 Å². The molecule has 5 nitrogen and oxygen atoms in total. The molecule has 0 saturated heterocycles. The second kappa shape index (κ2) is 10.4. The minimum absolute atomic E-state index is 0.143. The van der Waals surface area contributed by atoms with Crippen molar-refractivity contribution in [1.82, 2.24) is 9.13 Å². The number of hydrogen-bond acceptors (Lipinski definition) is 2. The zero-order valence-corrected chi connectivity index (χ0v) is 19.9. The molecule has 6 heteroatoms. The smallest absolute Gasteiger partial charge is 0.336 e. The van der Waals surface area contributed by atoms with Crippen molar-refractivity contribution < 1.29 is 9.90 Å². The second-order valence-electron chi connectivity index (χ2n) is 8.98. The van der Waals surface area contributed by atoms with Crippen LogP contribution in [0, 0.1) is 5.92 Å². The van der Waals surface area contributed by atoms with Gasteiger partial charge in [-0.2, -0.15) is 0 Å². The molecule has 3 aromatic rings. The topological polar surface area (TPSA) is 64.2 Å². The van der Waals surface area contributed by atoms with E-state index in [0.717, 1.165) is 30.5 Å². The van der Waals surface area contributed by atoms with Crippen molar-refractivity contribution >= 4 is 17.6 Å². The summed E-state index contributed by atoms with van der Waals surface area (Å²) in [6.07, 6.45) is 7.44. The first-order chi connectivity index (χ1) is 16.0. The van der Waals surface area contributed by atoms with Gasteiger partial charge in [-0.3, -0.25) is 9.13 Å². The van der Waals surface area contributed by atoms with Crippen LogP contribution < -0.4 is 5.69 Å². The number of carboxylic acid groups (broad SMARTS) is 1. The molecule has 0 spiro atoms. The third kappa shape index (κ3) is 4.93. The molecule has 1 fully saturated rings. The third-order valence-electron chi connectivity index (χ3n) is 6.69. The summed E-state index contributed by atoms with van der Waals surface area (Å²) in [6, 6.07) is 15.0. The van der Waals surface area contributed by atoms with Crippen LogP contribution in [0.5, 0.6) is 0 Å². The molecule has 1 aromatic heterocycles. The van der Waals surface area contributed by atoms with E-state index >= 15 is 0 Å². The van der Waals surface area contributed by atoms with Gasteiger partial charge >= 0.3 is 11.7 Å². The van der Waals surface area contributed by atoms with E-state index in [4.69, 9.17) is 11.6 Å². The minimum Gasteiger partial charge on any atom is -0.478 e. The van der Waals surface area contributed by atoms with Gasteiger partial charge in [0.15, 0.2) is 0 Å². The average Bonchev–Trinajstić information content (AvgIpc) is 3.04. The molecule has 1 aliphatic carbocycles. The molecule has 0 atom stereocenters. The van der Waals surface area contributed by atoms with Gasteiger partial charge in [0.1, 0.15) is 5.15 Å². The van der Waals surface area contributed by atoms with Crippen LogP contribution in [0.2, 0.25) is 5.15 Å². The highest BCUT2D eigenvalue weighted by Gasteiger charge is 2.24. The van der Waals surface area contributed by atoms with Gasteiger partial charge < -0.3 is 5.11 Å². The fraction of sp³-hybridized carbons (Fsp3) is 0.407. The van der Waals surface area contributed by atoms with Gasteiger partial charge in [-0.1, -0.05) is 92.7 Å². The van der Waals surface area contributed by atoms with Gasteiger partial charge in [-0.25, -0.2) is 9.59 Å². The lowest BCUT2D eigenvalue weighted by Crippen LogP contribution is -2.29. The molecule has 0 aliphatic heterocycles. The van der Waals surface area contributed by atoms with Crippen molar-refractivity contribution in [2.45, 2.75) is 65.0 Å². The molecule has 0 radical (unpaired) electrons. The van der Waals surface area contributed by atoms with Crippen LogP contribution in [-0.2, 0) is 19.5 Å². The molecular formula is C27H31ClN2O3. The normalized spacial score (nSPS) is 14.5. The summed E-state index contributed by atoms with van der Waals surface area (Å²) in [5.74, 6) is -0.530. The Hall–Kier alpha value is -2.79. The molecule has 4 rings (SSSR count). The van der Waals surface area contributed by atoms with E-state index in [-0.39, 0.29) is 17.8 Å². The summed E-state index contributed by atoms with van der Waals surface area (Å²) in [6.45, 7) is 2.88. The summed E-state index contributed by atoms with van der Waals surface area (Å²) in [4.78, 5) is 25.8. The first-order valence-electron chi connectivity index (χ1n) is 11.9. The number of rotatable bonds is 8. The van der Waals surface area contributed by atoms with Crippen LogP contribution in [0.25, 0.3) is 11.1 Å². The van der Waals surface area contributed by atoms with Gasteiger partial charge in [-0.05, 0) is 41.9 Å². The monoisotopic (exact) mass is 466 g/mol. The molecule has 0 bridgehead atoms. The van der Waals surface area contributed by atoms with Gasteiger partial charge in [0.25, 0.3) is 0 Å². The van der Waals surface area contributed by atoms with Crippen LogP contribution in [0.15, 0.2) is 53.3 Å². The van der Waals surface area contributed by atoms with E-state index in [9.17, 15) is 14.7 Å². The summed E-state index contributed by atoms with van der Waals surface area (Å²) >= 11 is 6.75. The van der Waals surface area contributed by atoms with E-state index < -0.39 is 5.97 Å². The molecule has 0 amide bonds. The van der Waals surface area contributed by atoms with Crippen molar-refractivity contribution in [2.75, 3.05) is 0 Å². The summed E-state index contributed by atoms with van der Waals surface area (Å²) in [7, 11) is 0. The number of imidazole rings is 1. The molecular weight excluding hydrogens is 436 g/mol. The van der Waals surface area contributed by atoms with Crippen LogP contribution >= 0.6 is 11.6 Å². The third-order valence-corrected chi connectivity index (χ3v) is 7.12. The Bertz CT molecular complexity index is 1170. The number of halogens is 1. The Balaban J connectivity index is 1.76. The molecule has 1 N–H and O–H groups in total. The number of nitrogens with zero attached hydrogens (tertiary/aromatic N) is 2. The van der Waals surface area contributed by atoms with Gasteiger partial charge in [0.05, 0.1) is 17.8 Å². The zero-order valence-electron chi connectivity index (χ0n) is 19.1. The second-order valence-corrected chi connectivity index (χ2v) is 9.34. The lowest BCUT2D eigenvalue weighted by molar-refractivity contribution is 0.0696. The molecule has 1 heterocycles. The largest absolute Gasteiger partial charge is 0.478 e. The van der Waals surface area contributed by atoms with Crippen molar-refractivity contribution in [3.8, 4) is 11.1 Å². The fourth-order valence-electron chi connectivity index (χ4n) is 5.05. The lowest BCUT2D eigenvalue weighted by Gasteiger charge is -2.21. The number of carboxylic acids is 1. The quantitative estimate of drug-likeness (QED) is 0.426. The maximum atomic E-state index is 13.5. The van der Waals surface area contributed by atoms with Gasteiger partial charge in [-0.15, -0.1) is 0 Å². The molecule has 174 valence electrons. The number of carbonyl (C=O) groups is 1. The van der Waals surface area contributed by atoms with Gasteiger partial charge in [0, 0.05) is 6.54 Å². The van der Waals surface area contributed by atoms with Crippen molar-refractivity contribution in [1.29, 1.82) is 0 Å². The number of benzene rings is 2. The van der Waals surface area contributed by atoms with Crippen molar-refractivity contribution in [2.24, 2.45) is 5.92 Å². The van der Waals surface area contributed by atoms with E-state index in [0.29, 0.717) is 35.2 Å². The molecule has 1 aliphatic rings. The number of aromatic carboxylic acids is 1. The van der Waals surface area contributed by atoms with E-state index in [1.54, 1.807) is 15.2 Å². The van der Waals surface area contributed by atoms with Crippen LogP contribution in [-0.4, -0.2) is 20.2 Å². The minimum atomic E-state index is -0.998. The highest BCUT2D eigenvalue weighted by atomic mass is 35.5. The molecule has 33 heavy (non-hydrogen) atoms. The highest BCUT2D eigenvalue weighted by molar-refractivity contribution is 6.30. The van der Waals surface area contributed by atoms with Crippen LogP contribution in [0.1, 0.15) is 67.1 Å². The Morgan fingerprint density at radius 2 is 1.76 bits per heavy atom. The first kappa shape index (κ1) is 23.4. The van der Waals surface area contributed by atoms with Crippen molar-refractivity contribution in [3.05, 3.63) is 81.0 Å². The Kier molecular flexibility index (Phi) is 7.39. The number of hydrogen-bond donors (Lipinski definition) is 1. The Labute approximate surface area is 199 Å². The molecule has 2 aromatic carbocycles. The van der Waals surface area contributed by atoms with E-state index in [1.807, 2.05) is 42.5 Å². The average molecular weight is 467 g/mol. The SMILES string of the molecule is CCCc1c(Cl)n(CC2CCCCC2)c(=O)n1Cc1cccc(-c2ccccc2)c1C(=O)O. The van der Waals surface area contributed by atoms with Crippen LogP contribution in [0.3, 0.4) is 0 Å². The standard InChI is InChI=1S/C27H31ClN2O3/c1-2-10-23-25(28)30(17-19-11-5-3-6-12-19)27(33)29(23)18-21-15-9-16-22(24(21)26(31)32)20-13-7-4-8-14-20/h4,7-9,13-16,19H,2-3,5-6,10-12,17-18H2,1H3,(H,31,32). The van der Waals surface area contributed by atoms with Gasteiger partial charge in [0.2, 0.25) is 0 Å². The molecule has 0 unspecified atom stereocenters. The van der Waals surface area contributed by atoms with E-state index in [1.165, 1.54) is 19.3 Å². The lowest BCUT2D eigenvalue weighted by atomic mass is 9.89. The summed E-state index contributed by atoms with van der Waals surface area (Å²) in [5, 5.41) is 10.6. The predicted octanol–water partition coefficient (Wildman–Crippen LogP) is 6.25. The number of aromatic nitrogens is 2. The fourth-order valence-corrected chi connectivity index (χ4v) is 5.39. The Morgan fingerprint density at radius 1 is 1.03 bits per heavy atom. The van der Waals surface area contributed by atoms with Crippen molar-refractivity contribution in [3.63, 3.8) is 0 Å². The highest BCUT2D eigenvalue weighted by Crippen LogP contribution is 2.29. The zero-order chi connectivity index (χ0) is 23.4. The summed E-state index contributed by atoms with van der Waals surface area (Å²) < 4.78 is 3.40. The summed E-state index contributed by atoms with van der Waals surface area (Å²) in [5.41, 5.74) is 2.98. The first-order valence-corrected chi connectivity index (χ1v) is 12.3. The predicted molar refractivity (Wildman–Crippen MR) is 132 cm³/mol.